The van der Waals surface area contributed by atoms with Gasteiger partial charge in [0.05, 0.1) is 19.5 Å². The van der Waals surface area contributed by atoms with E-state index >= 15 is 0 Å². The normalized spacial score (nSPS) is 11.8. The van der Waals surface area contributed by atoms with E-state index in [-0.39, 0.29) is 5.52 Å². The lowest BCUT2D eigenvalue weighted by molar-refractivity contribution is 0.107. The van der Waals surface area contributed by atoms with E-state index in [1.807, 2.05) is 32.0 Å². The molecule has 0 aromatic heterocycles. The van der Waals surface area contributed by atoms with Crippen molar-refractivity contribution in [2.45, 2.75) is 13.8 Å². The summed E-state index contributed by atoms with van der Waals surface area (Å²) < 4.78 is 23.1. The van der Waals surface area contributed by atoms with E-state index in [9.17, 15) is 9.36 Å². The highest BCUT2D eigenvalue weighted by Crippen LogP contribution is 2.34. The summed E-state index contributed by atoms with van der Waals surface area (Å²) in [5, 5.41) is 0.418. The first-order chi connectivity index (χ1) is 10.5. The summed E-state index contributed by atoms with van der Waals surface area (Å²) in [5.74, 6) is 0.998. The van der Waals surface area contributed by atoms with E-state index in [1.165, 1.54) is 7.11 Å². The van der Waals surface area contributed by atoms with Crippen LogP contribution in [0.5, 0.6) is 11.5 Å². The molecule has 0 aliphatic heterocycles. The highest BCUT2D eigenvalue weighted by atomic mass is 31.1. The van der Waals surface area contributed by atoms with E-state index in [4.69, 9.17) is 9.47 Å². The smallest absolute Gasteiger partial charge is 0.223 e. The second-order valence-electron chi connectivity index (χ2n) is 4.99. The lowest BCUT2D eigenvalue weighted by Gasteiger charge is -2.12. The largest absolute Gasteiger partial charge is 0.497 e. The van der Waals surface area contributed by atoms with Crippen LogP contribution in [0.2, 0.25) is 0 Å². The van der Waals surface area contributed by atoms with Crippen LogP contribution in [-0.4, -0.2) is 19.7 Å². The number of benzene rings is 2. The monoisotopic (exact) mass is 318 g/mol. The fraction of sp³-hybridized carbons (Fsp3) is 0.235. The SMILES string of the molecule is COc1ccc([PH](=O)C(=O)c2c(C)cccc2C)c(OC)c1. The molecule has 1 unspecified atom stereocenters. The molecule has 5 heteroatoms. The number of ether oxygens (including phenoxy) is 2. The topological polar surface area (TPSA) is 52.6 Å². The van der Waals surface area contributed by atoms with Crippen LogP contribution in [-0.2, 0) is 4.57 Å². The maximum Gasteiger partial charge on any atom is 0.223 e. The predicted octanol–water partition coefficient (Wildman–Crippen LogP) is 3.35. The zero-order valence-corrected chi connectivity index (χ0v) is 14.1. The predicted molar refractivity (Wildman–Crippen MR) is 88.4 cm³/mol. The Hall–Kier alpha value is -2.06. The average molecular weight is 318 g/mol. The third kappa shape index (κ3) is 3.07. The molecule has 0 heterocycles. The van der Waals surface area contributed by atoms with Gasteiger partial charge in [0.1, 0.15) is 11.5 Å². The summed E-state index contributed by atoms with van der Waals surface area (Å²) >= 11 is 0. The van der Waals surface area contributed by atoms with Crippen molar-refractivity contribution in [3.63, 3.8) is 0 Å². The minimum Gasteiger partial charge on any atom is -0.497 e. The molecule has 2 aromatic rings. The van der Waals surface area contributed by atoms with Crippen LogP contribution in [0.4, 0.5) is 0 Å². The number of carbonyl (C=O) groups excluding carboxylic acids is 1. The van der Waals surface area contributed by atoms with Crippen molar-refractivity contribution in [1.29, 1.82) is 0 Å². The number of hydrogen-bond donors (Lipinski definition) is 0. The molecular formula is C17H19O4P. The van der Waals surface area contributed by atoms with Crippen LogP contribution in [0.1, 0.15) is 21.5 Å². The molecule has 0 saturated heterocycles. The van der Waals surface area contributed by atoms with Gasteiger partial charge in [-0.2, -0.15) is 0 Å². The lowest BCUT2D eigenvalue weighted by atomic mass is 10.0. The quantitative estimate of drug-likeness (QED) is 0.793. The first-order valence-corrected chi connectivity index (χ1v) is 8.27. The highest BCUT2D eigenvalue weighted by Gasteiger charge is 2.23. The van der Waals surface area contributed by atoms with Crippen molar-refractivity contribution in [3.05, 3.63) is 53.1 Å². The van der Waals surface area contributed by atoms with Gasteiger partial charge in [0.15, 0.2) is 7.80 Å². The van der Waals surface area contributed by atoms with Gasteiger partial charge in [0, 0.05) is 11.6 Å². The van der Waals surface area contributed by atoms with E-state index < -0.39 is 7.80 Å². The zero-order chi connectivity index (χ0) is 16.3. The molecule has 0 aliphatic rings. The zero-order valence-electron chi connectivity index (χ0n) is 13.1. The fourth-order valence-corrected chi connectivity index (χ4v) is 3.89. The summed E-state index contributed by atoms with van der Waals surface area (Å²) in [6, 6.07) is 10.5. The molecule has 2 rings (SSSR count). The van der Waals surface area contributed by atoms with Crippen molar-refractivity contribution in [2.24, 2.45) is 0 Å². The van der Waals surface area contributed by atoms with Crippen molar-refractivity contribution < 1.29 is 18.8 Å². The lowest BCUT2D eigenvalue weighted by Crippen LogP contribution is -2.10. The summed E-state index contributed by atoms with van der Waals surface area (Å²) in [4.78, 5) is 12.7. The molecule has 0 saturated carbocycles. The highest BCUT2D eigenvalue weighted by molar-refractivity contribution is 7.71. The van der Waals surface area contributed by atoms with Gasteiger partial charge in [-0.1, -0.05) is 18.2 Å². The van der Waals surface area contributed by atoms with E-state index in [1.54, 1.807) is 25.3 Å². The molecule has 0 N–H and O–H groups in total. The molecule has 0 bridgehead atoms. The van der Waals surface area contributed by atoms with Crippen molar-refractivity contribution in [3.8, 4) is 11.5 Å². The van der Waals surface area contributed by atoms with Crippen LogP contribution in [0.25, 0.3) is 0 Å². The van der Waals surface area contributed by atoms with Crippen LogP contribution in [0.15, 0.2) is 36.4 Å². The van der Waals surface area contributed by atoms with Crippen molar-refractivity contribution in [1.82, 2.24) is 0 Å². The number of hydrogen-bond acceptors (Lipinski definition) is 4. The Morgan fingerprint density at radius 1 is 1.00 bits per heavy atom. The molecule has 0 spiro atoms. The second-order valence-corrected chi connectivity index (χ2v) is 6.64. The summed E-state index contributed by atoms with van der Waals surface area (Å²) in [7, 11) is 0.347. The Bertz CT molecular complexity index is 717. The molecule has 22 heavy (non-hydrogen) atoms. The van der Waals surface area contributed by atoms with Gasteiger partial charge in [-0.15, -0.1) is 0 Å². The van der Waals surface area contributed by atoms with Gasteiger partial charge in [-0.25, -0.2) is 0 Å². The first kappa shape index (κ1) is 16.3. The Morgan fingerprint density at radius 2 is 1.64 bits per heavy atom. The maximum atomic E-state index is 12.7. The van der Waals surface area contributed by atoms with Gasteiger partial charge in [0.2, 0.25) is 5.52 Å². The van der Waals surface area contributed by atoms with Gasteiger partial charge < -0.3 is 14.0 Å². The Labute approximate surface area is 130 Å². The molecule has 0 amide bonds. The molecule has 4 nitrogen and oxygen atoms in total. The minimum atomic E-state index is -2.68. The Morgan fingerprint density at radius 3 is 2.18 bits per heavy atom. The van der Waals surface area contributed by atoms with E-state index in [0.717, 1.165) is 11.1 Å². The molecule has 116 valence electrons. The summed E-state index contributed by atoms with van der Waals surface area (Å²) in [6.45, 7) is 3.70. The van der Waals surface area contributed by atoms with Crippen LogP contribution in [0, 0.1) is 13.8 Å². The van der Waals surface area contributed by atoms with Crippen molar-refractivity contribution in [2.75, 3.05) is 14.2 Å². The van der Waals surface area contributed by atoms with Crippen molar-refractivity contribution >= 4 is 18.6 Å². The molecular weight excluding hydrogens is 299 g/mol. The number of aryl methyl sites for hydroxylation is 2. The van der Waals surface area contributed by atoms with E-state index in [0.29, 0.717) is 22.4 Å². The van der Waals surface area contributed by atoms with Gasteiger partial charge >= 0.3 is 0 Å². The molecule has 2 aromatic carbocycles. The molecule has 0 aliphatic carbocycles. The number of carbonyl (C=O) groups is 1. The summed E-state index contributed by atoms with van der Waals surface area (Å²) in [5.41, 5.74) is 1.85. The Balaban J connectivity index is 2.46. The number of rotatable bonds is 5. The van der Waals surface area contributed by atoms with E-state index in [2.05, 4.69) is 0 Å². The fourth-order valence-electron chi connectivity index (χ4n) is 2.39. The molecule has 0 fully saturated rings. The first-order valence-electron chi connectivity index (χ1n) is 6.87. The van der Waals surface area contributed by atoms with Gasteiger partial charge in [-0.3, -0.25) is 4.79 Å². The third-order valence-electron chi connectivity index (χ3n) is 3.57. The second kappa shape index (κ2) is 6.80. The third-order valence-corrected chi connectivity index (χ3v) is 5.13. The maximum absolute atomic E-state index is 12.7. The minimum absolute atomic E-state index is 0.343. The molecule has 0 radical (unpaired) electrons. The Kier molecular flexibility index (Phi) is 5.04. The standard InChI is InChI=1S/C17H19O4P/c1-11-6-5-7-12(2)16(11)17(18)22(19)15-9-8-13(20-3)10-14(15)21-4/h5-10,22H,1-4H3. The van der Waals surface area contributed by atoms with Gasteiger partial charge in [0.25, 0.3) is 0 Å². The summed E-state index contributed by atoms with van der Waals surface area (Å²) in [6.07, 6.45) is 0. The number of methoxy groups -OCH3 is 2. The average Bonchev–Trinajstić information content (AvgIpc) is 2.53. The molecule has 1 atom stereocenters. The van der Waals surface area contributed by atoms with Crippen LogP contribution >= 0.6 is 7.80 Å². The van der Waals surface area contributed by atoms with Crippen LogP contribution < -0.4 is 14.8 Å². The van der Waals surface area contributed by atoms with Crippen LogP contribution in [0.3, 0.4) is 0 Å². The van der Waals surface area contributed by atoms with Gasteiger partial charge in [-0.05, 0) is 37.1 Å².